The summed E-state index contributed by atoms with van der Waals surface area (Å²) in [6, 6.07) is 13.3. The van der Waals surface area contributed by atoms with Crippen LogP contribution in [0.2, 0.25) is 5.02 Å². The van der Waals surface area contributed by atoms with Crippen LogP contribution in [0.5, 0.6) is 0 Å². The van der Waals surface area contributed by atoms with Gasteiger partial charge in [0, 0.05) is 18.1 Å². The SMILES string of the molecule is CCCNC(=O)[C@H](C)N(Cc1cccc(Cl)c1)C(=O)CN(c1ccc(C(C)C)cc1)S(C)(=O)=O. The minimum atomic E-state index is -3.76. The predicted molar refractivity (Wildman–Crippen MR) is 137 cm³/mol. The van der Waals surface area contributed by atoms with Crippen LogP contribution in [-0.4, -0.2) is 50.5 Å². The number of hydrogen-bond acceptors (Lipinski definition) is 4. The summed E-state index contributed by atoms with van der Waals surface area (Å²) in [5.41, 5.74) is 2.20. The number of amides is 2. The number of rotatable bonds is 11. The molecule has 7 nitrogen and oxygen atoms in total. The van der Waals surface area contributed by atoms with Gasteiger partial charge in [-0.15, -0.1) is 0 Å². The maximum absolute atomic E-state index is 13.5. The second kappa shape index (κ2) is 12.2. The van der Waals surface area contributed by atoms with Crippen molar-refractivity contribution < 1.29 is 18.0 Å². The molecule has 0 aliphatic rings. The predicted octanol–water partition coefficient (Wildman–Crippen LogP) is 4.17. The van der Waals surface area contributed by atoms with Crippen LogP contribution in [0.15, 0.2) is 48.5 Å². The normalized spacial score (nSPS) is 12.3. The minimum Gasteiger partial charge on any atom is -0.354 e. The minimum absolute atomic E-state index is 0.115. The third kappa shape index (κ3) is 7.74. The fraction of sp³-hybridized carbons (Fsp3) is 0.440. The summed E-state index contributed by atoms with van der Waals surface area (Å²) in [4.78, 5) is 27.5. The van der Waals surface area contributed by atoms with Crippen LogP contribution in [0.4, 0.5) is 5.69 Å². The van der Waals surface area contributed by atoms with Crippen molar-refractivity contribution in [2.24, 2.45) is 0 Å². The molecule has 0 aliphatic carbocycles. The van der Waals surface area contributed by atoms with Gasteiger partial charge in [0.05, 0.1) is 11.9 Å². The summed E-state index contributed by atoms with van der Waals surface area (Å²) >= 11 is 6.11. The molecule has 0 saturated carbocycles. The van der Waals surface area contributed by atoms with Crippen LogP contribution in [0.1, 0.15) is 51.2 Å². The van der Waals surface area contributed by atoms with E-state index < -0.39 is 28.5 Å². The Morgan fingerprint density at radius 1 is 1.06 bits per heavy atom. The highest BCUT2D eigenvalue weighted by Gasteiger charge is 2.30. The van der Waals surface area contributed by atoms with E-state index in [9.17, 15) is 18.0 Å². The smallest absolute Gasteiger partial charge is 0.244 e. The van der Waals surface area contributed by atoms with E-state index in [1.54, 1.807) is 37.3 Å². The fourth-order valence-corrected chi connectivity index (χ4v) is 4.51. The van der Waals surface area contributed by atoms with Crippen molar-refractivity contribution >= 4 is 39.1 Å². The molecular formula is C25H34ClN3O4S. The number of hydrogen-bond donors (Lipinski definition) is 1. The van der Waals surface area contributed by atoms with Crippen molar-refractivity contribution in [3.05, 3.63) is 64.7 Å². The number of carbonyl (C=O) groups excluding carboxylic acids is 2. The van der Waals surface area contributed by atoms with Crippen LogP contribution in [-0.2, 0) is 26.2 Å². The standard InChI is InChI=1S/C25H34ClN3O4S/c1-6-14-27-25(31)19(4)28(16-20-8-7-9-22(26)15-20)24(30)17-29(34(5,32)33)23-12-10-21(11-13-23)18(2)3/h7-13,15,18-19H,6,14,16-17H2,1-5H3,(H,27,31)/t19-/m0/s1. The summed E-state index contributed by atoms with van der Waals surface area (Å²) in [6.45, 7) is 7.84. The Labute approximate surface area is 208 Å². The number of carbonyl (C=O) groups is 2. The summed E-state index contributed by atoms with van der Waals surface area (Å²) in [7, 11) is -3.76. The molecule has 2 aromatic carbocycles. The number of nitrogens with zero attached hydrogens (tertiary/aromatic N) is 2. The van der Waals surface area contributed by atoms with E-state index in [1.807, 2.05) is 39.0 Å². The molecule has 2 amide bonds. The van der Waals surface area contributed by atoms with Crippen LogP contribution in [0.3, 0.4) is 0 Å². The molecular weight excluding hydrogens is 474 g/mol. The van der Waals surface area contributed by atoms with Crippen molar-refractivity contribution in [2.75, 3.05) is 23.7 Å². The highest BCUT2D eigenvalue weighted by Crippen LogP contribution is 2.23. The first-order valence-corrected chi connectivity index (χ1v) is 13.6. The summed E-state index contributed by atoms with van der Waals surface area (Å²) in [5, 5.41) is 3.32. The summed E-state index contributed by atoms with van der Waals surface area (Å²) in [6.07, 6.45) is 1.82. The van der Waals surface area contributed by atoms with Crippen molar-refractivity contribution in [1.82, 2.24) is 10.2 Å². The molecule has 34 heavy (non-hydrogen) atoms. The number of sulfonamides is 1. The molecule has 0 heterocycles. The lowest BCUT2D eigenvalue weighted by Gasteiger charge is -2.31. The largest absolute Gasteiger partial charge is 0.354 e. The van der Waals surface area contributed by atoms with E-state index >= 15 is 0 Å². The number of halogens is 1. The number of benzene rings is 2. The van der Waals surface area contributed by atoms with Crippen molar-refractivity contribution in [3.8, 4) is 0 Å². The molecule has 0 fully saturated rings. The third-order valence-corrected chi connectivity index (χ3v) is 6.86. The zero-order valence-corrected chi connectivity index (χ0v) is 22.0. The molecule has 2 aromatic rings. The van der Waals surface area contributed by atoms with E-state index in [4.69, 9.17) is 11.6 Å². The zero-order valence-electron chi connectivity index (χ0n) is 20.4. The lowest BCUT2D eigenvalue weighted by atomic mass is 10.0. The van der Waals surface area contributed by atoms with Gasteiger partial charge in [-0.2, -0.15) is 0 Å². The van der Waals surface area contributed by atoms with Gasteiger partial charge < -0.3 is 10.2 Å². The van der Waals surface area contributed by atoms with Gasteiger partial charge >= 0.3 is 0 Å². The first-order valence-electron chi connectivity index (χ1n) is 11.3. The molecule has 0 saturated heterocycles. The Morgan fingerprint density at radius 2 is 1.71 bits per heavy atom. The molecule has 0 aromatic heterocycles. The topological polar surface area (TPSA) is 86.8 Å². The van der Waals surface area contributed by atoms with Crippen molar-refractivity contribution in [2.45, 2.75) is 52.6 Å². The monoisotopic (exact) mass is 507 g/mol. The van der Waals surface area contributed by atoms with Crippen molar-refractivity contribution in [1.29, 1.82) is 0 Å². The van der Waals surface area contributed by atoms with E-state index in [1.165, 1.54) is 4.90 Å². The summed E-state index contributed by atoms with van der Waals surface area (Å²) < 4.78 is 26.3. The molecule has 0 spiro atoms. The second-order valence-electron chi connectivity index (χ2n) is 8.63. The molecule has 2 rings (SSSR count). The Balaban J connectivity index is 2.37. The Kier molecular flexibility index (Phi) is 9.94. The van der Waals surface area contributed by atoms with Gasteiger partial charge in [-0.25, -0.2) is 8.42 Å². The van der Waals surface area contributed by atoms with Gasteiger partial charge in [0.2, 0.25) is 21.8 Å². The average molecular weight is 508 g/mol. The van der Waals surface area contributed by atoms with Crippen LogP contribution >= 0.6 is 11.6 Å². The lowest BCUT2D eigenvalue weighted by molar-refractivity contribution is -0.139. The van der Waals surface area contributed by atoms with Crippen molar-refractivity contribution in [3.63, 3.8) is 0 Å². The highest BCUT2D eigenvalue weighted by atomic mass is 35.5. The molecule has 0 aliphatic heterocycles. The maximum Gasteiger partial charge on any atom is 0.244 e. The van der Waals surface area contributed by atoms with Crippen LogP contribution < -0.4 is 9.62 Å². The second-order valence-corrected chi connectivity index (χ2v) is 11.0. The fourth-order valence-electron chi connectivity index (χ4n) is 3.45. The molecule has 186 valence electrons. The molecule has 0 radical (unpaired) electrons. The van der Waals surface area contributed by atoms with E-state index in [0.717, 1.165) is 28.1 Å². The van der Waals surface area contributed by atoms with Gasteiger partial charge in [-0.1, -0.05) is 56.6 Å². The van der Waals surface area contributed by atoms with Gasteiger partial charge in [0.15, 0.2) is 0 Å². The lowest BCUT2D eigenvalue weighted by Crippen LogP contribution is -2.51. The highest BCUT2D eigenvalue weighted by molar-refractivity contribution is 7.92. The van der Waals surface area contributed by atoms with E-state index in [2.05, 4.69) is 5.32 Å². The first-order chi connectivity index (χ1) is 15.9. The molecule has 0 bridgehead atoms. The Morgan fingerprint density at radius 3 is 2.24 bits per heavy atom. The van der Waals surface area contributed by atoms with Gasteiger partial charge in [-0.05, 0) is 54.7 Å². The van der Waals surface area contributed by atoms with E-state index in [-0.39, 0.29) is 18.4 Å². The number of nitrogens with one attached hydrogen (secondary N) is 1. The zero-order chi connectivity index (χ0) is 25.5. The van der Waals surface area contributed by atoms with E-state index in [0.29, 0.717) is 17.3 Å². The Hall–Kier alpha value is -2.58. The van der Waals surface area contributed by atoms with Gasteiger partial charge in [0.1, 0.15) is 12.6 Å². The molecule has 1 N–H and O–H groups in total. The van der Waals surface area contributed by atoms with Gasteiger partial charge in [0.25, 0.3) is 0 Å². The van der Waals surface area contributed by atoms with Gasteiger partial charge in [-0.3, -0.25) is 13.9 Å². The van der Waals surface area contributed by atoms with Crippen LogP contribution in [0.25, 0.3) is 0 Å². The molecule has 0 unspecified atom stereocenters. The van der Waals surface area contributed by atoms with Crippen LogP contribution in [0, 0.1) is 0 Å². The third-order valence-electron chi connectivity index (χ3n) is 5.49. The molecule has 1 atom stereocenters. The maximum atomic E-state index is 13.5. The first kappa shape index (κ1) is 27.7. The number of anilines is 1. The average Bonchev–Trinajstić information content (AvgIpc) is 2.78. The summed E-state index contributed by atoms with van der Waals surface area (Å²) in [5.74, 6) is -0.500. The Bertz CT molecular complexity index is 1090. The quantitative estimate of drug-likeness (QED) is 0.494. The molecule has 9 heteroatoms.